The van der Waals surface area contributed by atoms with E-state index in [1.807, 2.05) is 6.92 Å². The summed E-state index contributed by atoms with van der Waals surface area (Å²) in [5.74, 6) is 0.797. The van der Waals surface area contributed by atoms with Gasteiger partial charge >= 0.3 is 0 Å². The molecule has 0 bridgehead atoms. The maximum atomic E-state index is 2.22. The normalized spacial score (nSPS) is 11.5. The first kappa shape index (κ1) is 7.74. The lowest BCUT2D eigenvalue weighted by atomic mass is 10.1. The Morgan fingerprint density at radius 2 is 2.00 bits per heavy atom. The van der Waals surface area contributed by atoms with Crippen LogP contribution < -0.4 is 0 Å². The van der Waals surface area contributed by atoms with Crippen molar-refractivity contribution in [2.75, 3.05) is 0 Å². The molecule has 0 rings (SSSR count). The van der Waals surface area contributed by atoms with Crippen LogP contribution in [0.3, 0.4) is 0 Å². The predicted molar refractivity (Wildman–Crippen MR) is 38.6 cm³/mol. The minimum Gasteiger partial charge on any atom is -0.0880 e. The number of allylic oxidation sites excluding steroid dienone is 2. The van der Waals surface area contributed by atoms with Crippen LogP contribution in [0, 0.1) is 12.3 Å². The molecule has 8 heavy (non-hydrogen) atoms. The standard InChI is InChI=1S/C8H15/c1-4-5-6-7-8(2)3/h4-6,8H,7H2,1-3H3/b6-5+. The van der Waals surface area contributed by atoms with Crippen molar-refractivity contribution in [2.24, 2.45) is 5.92 Å². The molecule has 0 aliphatic carbocycles. The Labute approximate surface area is 52.6 Å². The smallest absolute Gasteiger partial charge is 0.0202 e. The van der Waals surface area contributed by atoms with Crippen LogP contribution in [0.25, 0.3) is 0 Å². The van der Waals surface area contributed by atoms with E-state index in [0.29, 0.717) is 0 Å². The van der Waals surface area contributed by atoms with E-state index in [2.05, 4.69) is 32.4 Å². The molecule has 0 spiro atoms. The third-order valence-electron chi connectivity index (χ3n) is 0.936. The molecular formula is C8H15. The van der Waals surface area contributed by atoms with Crippen LogP contribution in [0.2, 0.25) is 0 Å². The van der Waals surface area contributed by atoms with Crippen molar-refractivity contribution in [3.05, 3.63) is 18.6 Å². The highest BCUT2D eigenvalue weighted by atomic mass is 13.9. The van der Waals surface area contributed by atoms with Crippen molar-refractivity contribution in [3.63, 3.8) is 0 Å². The molecule has 47 valence electrons. The van der Waals surface area contributed by atoms with Crippen LogP contribution in [-0.2, 0) is 0 Å². The Morgan fingerprint density at radius 3 is 2.38 bits per heavy atom. The summed E-state index contributed by atoms with van der Waals surface area (Å²) in [4.78, 5) is 0. The van der Waals surface area contributed by atoms with Crippen molar-refractivity contribution in [1.82, 2.24) is 0 Å². The van der Waals surface area contributed by atoms with Crippen molar-refractivity contribution in [1.29, 1.82) is 0 Å². The maximum Gasteiger partial charge on any atom is -0.0202 e. The number of hydrogen-bond donors (Lipinski definition) is 0. The summed E-state index contributed by atoms with van der Waals surface area (Å²) in [6.07, 6.45) is 7.55. The van der Waals surface area contributed by atoms with Gasteiger partial charge in [0, 0.05) is 0 Å². The fourth-order valence-electron chi connectivity index (χ4n) is 0.487. The number of rotatable bonds is 3. The van der Waals surface area contributed by atoms with Gasteiger partial charge in [-0.05, 0) is 18.8 Å². The minimum atomic E-state index is 0.797. The summed E-state index contributed by atoms with van der Waals surface area (Å²) in [5, 5.41) is 0. The van der Waals surface area contributed by atoms with Gasteiger partial charge in [-0.3, -0.25) is 0 Å². The monoisotopic (exact) mass is 111 g/mol. The van der Waals surface area contributed by atoms with Crippen LogP contribution in [0.4, 0.5) is 0 Å². The molecule has 1 radical (unpaired) electrons. The van der Waals surface area contributed by atoms with Gasteiger partial charge in [-0.15, -0.1) is 0 Å². The number of hydrogen-bond acceptors (Lipinski definition) is 0. The second-order valence-corrected chi connectivity index (χ2v) is 2.39. The fourth-order valence-corrected chi connectivity index (χ4v) is 0.487. The molecule has 0 aliphatic rings. The van der Waals surface area contributed by atoms with Gasteiger partial charge in [0.05, 0.1) is 0 Å². The average molecular weight is 111 g/mol. The van der Waals surface area contributed by atoms with Crippen molar-refractivity contribution in [2.45, 2.75) is 27.2 Å². The molecule has 0 fully saturated rings. The van der Waals surface area contributed by atoms with E-state index in [-0.39, 0.29) is 0 Å². The largest absolute Gasteiger partial charge is 0.0880 e. The summed E-state index contributed by atoms with van der Waals surface area (Å²) in [6, 6.07) is 0. The van der Waals surface area contributed by atoms with Crippen molar-refractivity contribution < 1.29 is 0 Å². The third kappa shape index (κ3) is 5.74. The minimum absolute atomic E-state index is 0.797. The van der Waals surface area contributed by atoms with Crippen LogP contribution in [-0.4, -0.2) is 0 Å². The lowest BCUT2D eigenvalue weighted by Crippen LogP contribution is -1.80. The first-order valence-corrected chi connectivity index (χ1v) is 3.22. The summed E-state index contributed by atoms with van der Waals surface area (Å²) >= 11 is 0. The van der Waals surface area contributed by atoms with E-state index in [1.54, 1.807) is 0 Å². The molecular weight excluding hydrogens is 96.1 g/mol. The first-order chi connectivity index (χ1) is 3.77. The Morgan fingerprint density at radius 1 is 1.38 bits per heavy atom. The summed E-state index contributed by atoms with van der Waals surface area (Å²) in [6.45, 7) is 6.48. The van der Waals surface area contributed by atoms with E-state index >= 15 is 0 Å². The third-order valence-corrected chi connectivity index (χ3v) is 0.936. The summed E-state index contributed by atoms with van der Waals surface area (Å²) < 4.78 is 0. The van der Waals surface area contributed by atoms with Gasteiger partial charge in [0.25, 0.3) is 0 Å². The van der Waals surface area contributed by atoms with E-state index < -0.39 is 0 Å². The molecule has 0 atom stereocenters. The molecule has 0 saturated heterocycles. The molecule has 0 N–H and O–H groups in total. The topological polar surface area (TPSA) is 0 Å². The SMILES string of the molecule is C[CH]/C=C/CC(C)C. The van der Waals surface area contributed by atoms with Gasteiger partial charge in [-0.25, -0.2) is 0 Å². The van der Waals surface area contributed by atoms with Gasteiger partial charge < -0.3 is 0 Å². The highest BCUT2D eigenvalue weighted by Crippen LogP contribution is 1.99. The molecule has 0 aromatic heterocycles. The van der Waals surface area contributed by atoms with Gasteiger partial charge in [0.1, 0.15) is 0 Å². The zero-order chi connectivity index (χ0) is 6.41. The van der Waals surface area contributed by atoms with E-state index in [4.69, 9.17) is 0 Å². The highest BCUT2D eigenvalue weighted by Gasteiger charge is 1.84. The predicted octanol–water partition coefficient (Wildman–Crippen LogP) is 2.81. The lowest BCUT2D eigenvalue weighted by molar-refractivity contribution is 0.663. The molecule has 0 aromatic carbocycles. The lowest BCUT2D eigenvalue weighted by Gasteiger charge is -1.94. The van der Waals surface area contributed by atoms with E-state index in [1.165, 1.54) is 6.42 Å². The molecule has 0 nitrogen and oxygen atoms in total. The van der Waals surface area contributed by atoms with E-state index in [9.17, 15) is 0 Å². The Kier molecular flexibility index (Phi) is 4.73. The molecule has 0 unspecified atom stereocenters. The fraction of sp³-hybridized carbons (Fsp3) is 0.625. The second kappa shape index (κ2) is 4.89. The molecule has 0 amide bonds. The molecule has 0 aromatic rings. The van der Waals surface area contributed by atoms with Gasteiger partial charge in [0.2, 0.25) is 0 Å². The van der Waals surface area contributed by atoms with E-state index in [0.717, 1.165) is 5.92 Å². The van der Waals surface area contributed by atoms with Crippen LogP contribution in [0.15, 0.2) is 12.2 Å². The van der Waals surface area contributed by atoms with Gasteiger partial charge in [-0.1, -0.05) is 32.9 Å². The van der Waals surface area contributed by atoms with Gasteiger partial charge in [-0.2, -0.15) is 0 Å². The molecule has 0 heterocycles. The van der Waals surface area contributed by atoms with Crippen LogP contribution in [0.5, 0.6) is 0 Å². The zero-order valence-electron chi connectivity index (χ0n) is 6.02. The Hall–Kier alpha value is -0.260. The first-order valence-electron chi connectivity index (χ1n) is 3.22. The molecule has 0 aliphatic heterocycles. The Balaban J connectivity index is 3.03. The van der Waals surface area contributed by atoms with Crippen molar-refractivity contribution >= 4 is 0 Å². The average Bonchev–Trinajstić information content (AvgIpc) is 1.66. The summed E-state index contributed by atoms with van der Waals surface area (Å²) in [5.41, 5.74) is 0. The van der Waals surface area contributed by atoms with Crippen LogP contribution >= 0.6 is 0 Å². The van der Waals surface area contributed by atoms with Gasteiger partial charge in [0.15, 0.2) is 0 Å². The Bertz CT molecular complexity index is 60.4. The zero-order valence-corrected chi connectivity index (χ0v) is 6.02. The van der Waals surface area contributed by atoms with Crippen molar-refractivity contribution in [3.8, 4) is 0 Å². The summed E-state index contributed by atoms with van der Waals surface area (Å²) in [7, 11) is 0. The maximum absolute atomic E-state index is 2.22. The highest BCUT2D eigenvalue weighted by molar-refractivity contribution is 4.91. The molecule has 0 heteroatoms. The second-order valence-electron chi connectivity index (χ2n) is 2.39. The quantitative estimate of drug-likeness (QED) is 0.525. The molecule has 0 saturated carbocycles. The van der Waals surface area contributed by atoms with Crippen LogP contribution in [0.1, 0.15) is 27.2 Å².